The Hall–Kier alpha value is -1.86. The molecule has 1 amide bonds. The first-order valence-electron chi connectivity index (χ1n) is 6.25. The Morgan fingerprint density at radius 2 is 2.10 bits per heavy atom. The van der Waals surface area contributed by atoms with Gasteiger partial charge in [0.1, 0.15) is 11.5 Å². The van der Waals surface area contributed by atoms with Gasteiger partial charge in [-0.05, 0) is 13.3 Å². The van der Waals surface area contributed by atoms with E-state index < -0.39 is 24.5 Å². The van der Waals surface area contributed by atoms with Crippen molar-refractivity contribution >= 4 is 11.7 Å². The molecule has 112 valence electrons. The van der Waals surface area contributed by atoms with Gasteiger partial charge in [0, 0.05) is 12.6 Å². The summed E-state index contributed by atoms with van der Waals surface area (Å²) in [6.45, 7) is 3.93. The molecule has 1 atom stereocenters. The summed E-state index contributed by atoms with van der Waals surface area (Å²) in [5, 5.41) is 5.19. The first-order chi connectivity index (χ1) is 9.31. The first-order valence-corrected chi connectivity index (χ1v) is 6.25. The van der Waals surface area contributed by atoms with Gasteiger partial charge in [0.25, 0.3) is 5.91 Å². The summed E-state index contributed by atoms with van der Waals surface area (Å²) in [4.78, 5) is 19.6. The van der Waals surface area contributed by atoms with Crippen molar-refractivity contribution in [2.24, 2.45) is 0 Å². The Kier molecular flexibility index (Phi) is 5.72. The minimum Gasteiger partial charge on any atom is -0.369 e. The molecule has 1 aromatic rings. The van der Waals surface area contributed by atoms with Gasteiger partial charge in [-0.25, -0.2) is 4.98 Å². The lowest BCUT2D eigenvalue weighted by molar-refractivity contribution is -0.138. The molecule has 0 bridgehead atoms. The van der Waals surface area contributed by atoms with E-state index in [0.717, 1.165) is 6.42 Å². The van der Waals surface area contributed by atoms with Gasteiger partial charge < -0.3 is 10.6 Å². The molecule has 0 fully saturated rings. The maximum Gasteiger partial charge on any atom is 0.391 e. The van der Waals surface area contributed by atoms with Crippen LogP contribution in [0, 0.1) is 0 Å². The van der Waals surface area contributed by atoms with E-state index in [1.54, 1.807) is 0 Å². The number of carbonyl (C=O) groups excluding carboxylic acids is 1. The van der Waals surface area contributed by atoms with Crippen molar-refractivity contribution in [3.05, 3.63) is 18.1 Å². The second-order valence-corrected chi connectivity index (χ2v) is 4.41. The summed E-state index contributed by atoms with van der Waals surface area (Å²) in [5.41, 5.74) is -0.0138. The van der Waals surface area contributed by atoms with Crippen molar-refractivity contribution in [1.29, 1.82) is 0 Å². The van der Waals surface area contributed by atoms with Crippen LogP contribution in [-0.2, 0) is 0 Å². The second kappa shape index (κ2) is 7.06. The molecule has 0 saturated carbocycles. The predicted molar refractivity (Wildman–Crippen MR) is 68.4 cm³/mol. The maximum absolute atomic E-state index is 12.2. The van der Waals surface area contributed by atoms with Gasteiger partial charge in [0.15, 0.2) is 0 Å². The fourth-order valence-corrected chi connectivity index (χ4v) is 1.51. The van der Waals surface area contributed by atoms with Crippen molar-refractivity contribution < 1.29 is 18.0 Å². The molecule has 0 spiro atoms. The van der Waals surface area contributed by atoms with E-state index in [4.69, 9.17) is 0 Å². The Morgan fingerprint density at radius 1 is 1.40 bits per heavy atom. The van der Waals surface area contributed by atoms with Gasteiger partial charge >= 0.3 is 6.18 Å². The summed E-state index contributed by atoms with van der Waals surface area (Å²) in [7, 11) is 0. The van der Waals surface area contributed by atoms with Crippen LogP contribution in [0.3, 0.4) is 0 Å². The summed E-state index contributed by atoms with van der Waals surface area (Å²) < 4.78 is 36.5. The average molecular weight is 290 g/mol. The minimum atomic E-state index is -4.32. The van der Waals surface area contributed by atoms with Crippen LogP contribution in [0.1, 0.15) is 37.2 Å². The molecule has 0 aliphatic rings. The summed E-state index contributed by atoms with van der Waals surface area (Å²) in [6, 6.07) is -1.02. The molecule has 20 heavy (non-hydrogen) atoms. The molecular weight excluding hydrogens is 273 g/mol. The van der Waals surface area contributed by atoms with Crippen LogP contribution in [0.15, 0.2) is 12.4 Å². The molecule has 8 heteroatoms. The monoisotopic (exact) mass is 290 g/mol. The van der Waals surface area contributed by atoms with Gasteiger partial charge in [-0.1, -0.05) is 6.92 Å². The fourth-order valence-electron chi connectivity index (χ4n) is 1.51. The van der Waals surface area contributed by atoms with Crippen molar-refractivity contribution in [3.8, 4) is 0 Å². The lowest BCUT2D eigenvalue weighted by atomic mass is 10.2. The Morgan fingerprint density at radius 3 is 2.70 bits per heavy atom. The number of carbonyl (C=O) groups is 1. The third-order valence-electron chi connectivity index (χ3n) is 2.34. The largest absolute Gasteiger partial charge is 0.391 e. The molecule has 1 aromatic heterocycles. The highest BCUT2D eigenvalue weighted by Crippen LogP contribution is 2.21. The zero-order valence-corrected chi connectivity index (χ0v) is 11.3. The van der Waals surface area contributed by atoms with Crippen LogP contribution in [0.5, 0.6) is 0 Å². The quantitative estimate of drug-likeness (QED) is 0.844. The minimum absolute atomic E-state index is 0.0138. The normalized spacial score (nSPS) is 12.8. The lowest BCUT2D eigenvalue weighted by Crippen LogP contribution is -2.36. The first kappa shape index (κ1) is 16.2. The highest BCUT2D eigenvalue weighted by Gasteiger charge is 2.30. The van der Waals surface area contributed by atoms with Crippen LogP contribution in [0.2, 0.25) is 0 Å². The van der Waals surface area contributed by atoms with Crippen molar-refractivity contribution in [2.45, 2.75) is 38.9 Å². The molecule has 1 heterocycles. The fraction of sp³-hybridized carbons (Fsp3) is 0.583. The predicted octanol–water partition coefficient (Wildman–Crippen LogP) is 2.37. The van der Waals surface area contributed by atoms with E-state index in [-0.39, 0.29) is 5.69 Å². The third kappa shape index (κ3) is 5.85. The topological polar surface area (TPSA) is 66.9 Å². The number of hydrogen-bond acceptors (Lipinski definition) is 4. The van der Waals surface area contributed by atoms with E-state index in [1.807, 2.05) is 6.92 Å². The Bertz CT molecular complexity index is 451. The molecule has 2 N–H and O–H groups in total. The van der Waals surface area contributed by atoms with E-state index in [2.05, 4.69) is 20.6 Å². The summed E-state index contributed by atoms with van der Waals surface area (Å²) in [6.07, 6.45) is -1.86. The van der Waals surface area contributed by atoms with Gasteiger partial charge in [-0.2, -0.15) is 13.2 Å². The average Bonchev–Trinajstić information content (AvgIpc) is 2.34. The SMILES string of the molecule is CCCNc1cncc(C(=O)NC(C)CC(F)(F)F)n1. The van der Waals surface area contributed by atoms with Gasteiger partial charge in [0.05, 0.1) is 18.8 Å². The molecule has 0 saturated heterocycles. The van der Waals surface area contributed by atoms with Crippen LogP contribution >= 0.6 is 0 Å². The molecule has 5 nitrogen and oxygen atoms in total. The number of rotatable bonds is 6. The number of aromatic nitrogens is 2. The van der Waals surface area contributed by atoms with Crippen LogP contribution in [0.4, 0.5) is 19.0 Å². The lowest BCUT2D eigenvalue weighted by Gasteiger charge is -2.15. The maximum atomic E-state index is 12.2. The molecule has 1 unspecified atom stereocenters. The summed E-state index contributed by atoms with van der Waals surface area (Å²) >= 11 is 0. The van der Waals surface area contributed by atoms with Gasteiger partial charge in [0.2, 0.25) is 0 Å². The van der Waals surface area contributed by atoms with Gasteiger partial charge in [-0.15, -0.1) is 0 Å². The molecular formula is C12H17F3N4O. The zero-order chi connectivity index (χ0) is 15.2. The van der Waals surface area contributed by atoms with Crippen LogP contribution in [0.25, 0.3) is 0 Å². The number of alkyl halides is 3. The van der Waals surface area contributed by atoms with E-state index in [0.29, 0.717) is 12.4 Å². The summed E-state index contributed by atoms with van der Waals surface area (Å²) in [5.74, 6) is -0.252. The highest BCUT2D eigenvalue weighted by atomic mass is 19.4. The number of halogens is 3. The number of nitrogens with zero attached hydrogens (tertiary/aromatic N) is 2. The van der Waals surface area contributed by atoms with Gasteiger partial charge in [-0.3, -0.25) is 9.78 Å². The molecule has 0 aliphatic carbocycles. The van der Waals surface area contributed by atoms with E-state index >= 15 is 0 Å². The van der Waals surface area contributed by atoms with Crippen LogP contribution in [-0.4, -0.2) is 34.6 Å². The molecule has 0 aromatic carbocycles. The Labute approximate surface area is 115 Å². The standard InChI is InChI=1S/C12H17F3N4O/c1-3-4-17-10-7-16-6-9(19-10)11(20)18-8(2)5-12(13,14)15/h6-8H,3-5H2,1-2H3,(H,17,19)(H,18,20). The van der Waals surface area contributed by atoms with Crippen molar-refractivity contribution in [1.82, 2.24) is 15.3 Å². The Balaban J connectivity index is 2.63. The second-order valence-electron chi connectivity index (χ2n) is 4.41. The molecule has 0 aliphatic heterocycles. The van der Waals surface area contributed by atoms with Crippen LogP contribution < -0.4 is 10.6 Å². The number of hydrogen-bond donors (Lipinski definition) is 2. The highest BCUT2D eigenvalue weighted by molar-refractivity contribution is 5.92. The smallest absolute Gasteiger partial charge is 0.369 e. The number of anilines is 1. The zero-order valence-electron chi connectivity index (χ0n) is 11.3. The third-order valence-corrected chi connectivity index (χ3v) is 2.34. The molecule has 0 radical (unpaired) electrons. The number of nitrogens with one attached hydrogen (secondary N) is 2. The van der Waals surface area contributed by atoms with E-state index in [1.165, 1.54) is 19.3 Å². The van der Waals surface area contributed by atoms with Crippen molar-refractivity contribution in [3.63, 3.8) is 0 Å². The number of amides is 1. The van der Waals surface area contributed by atoms with Crippen molar-refractivity contribution in [2.75, 3.05) is 11.9 Å². The molecule has 1 rings (SSSR count). The van der Waals surface area contributed by atoms with E-state index in [9.17, 15) is 18.0 Å².